The summed E-state index contributed by atoms with van der Waals surface area (Å²) >= 11 is 0. The van der Waals surface area contributed by atoms with E-state index in [-0.39, 0.29) is 12.4 Å². The van der Waals surface area contributed by atoms with Crippen LogP contribution in [0.5, 0.6) is 17.2 Å². The van der Waals surface area contributed by atoms with Crippen molar-refractivity contribution in [2.45, 2.75) is 12.2 Å². The maximum atomic E-state index is 10.3. The van der Waals surface area contributed by atoms with Crippen LogP contribution in [0.2, 0.25) is 0 Å². The molecule has 0 saturated carbocycles. The number of aliphatic hydroxyl groups is 2. The van der Waals surface area contributed by atoms with Crippen molar-refractivity contribution in [2.24, 2.45) is 0 Å². The molecule has 3 N–H and O–H groups in total. The average Bonchev–Trinajstić information content (AvgIpc) is 2.53. The minimum Gasteiger partial charge on any atom is -0.508 e. The zero-order valence-electron chi connectivity index (χ0n) is 11.6. The van der Waals surface area contributed by atoms with Gasteiger partial charge >= 0.3 is 0 Å². The highest BCUT2D eigenvalue weighted by molar-refractivity contribution is 5.39. The normalized spacial score (nSPS) is 13.5. The second-order valence-corrected chi connectivity index (χ2v) is 4.53. The molecule has 0 saturated heterocycles. The van der Waals surface area contributed by atoms with Crippen molar-refractivity contribution in [3.05, 3.63) is 54.1 Å². The molecule has 2 atom stereocenters. The summed E-state index contributed by atoms with van der Waals surface area (Å²) in [6.45, 7) is -0.361. The standard InChI is InChI=1S/C16H18O5/c1-20-13-4-2-3-5-14(13)21-15(10-17)16(19)11-6-8-12(18)9-7-11/h2-9,15-19H,10H2,1H3/t15-,16+/m1/s1. The van der Waals surface area contributed by atoms with Crippen molar-refractivity contribution < 1.29 is 24.8 Å². The predicted molar refractivity (Wildman–Crippen MR) is 77.6 cm³/mol. The number of benzene rings is 2. The Hall–Kier alpha value is -2.24. The summed E-state index contributed by atoms with van der Waals surface area (Å²) in [7, 11) is 1.52. The fourth-order valence-corrected chi connectivity index (χ4v) is 1.97. The van der Waals surface area contributed by atoms with Crippen LogP contribution >= 0.6 is 0 Å². The highest BCUT2D eigenvalue weighted by atomic mass is 16.5. The Morgan fingerprint density at radius 2 is 1.62 bits per heavy atom. The maximum Gasteiger partial charge on any atom is 0.161 e. The molecule has 2 aromatic rings. The Bertz CT molecular complexity index is 567. The summed E-state index contributed by atoms with van der Waals surface area (Å²) in [5.41, 5.74) is 0.543. The topological polar surface area (TPSA) is 79.2 Å². The van der Waals surface area contributed by atoms with Gasteiger partial charge in [-0.1, -0.05) is 24.3 Å². The Balaban J connectivity index is 2.17. The molecule has 0 spiro atoms. The van der Waals surface area contributed by atoms with Gasteiger partial charge in [-0.25, -0.2) is 0 Å². The number of phenols is 1. The molecule has 0 unspecified atom stereocenters. The van der Waals surface area contributed by atoms with E-state index < -0.39 is 12.2 Å². The average molecular weight is 290 g/mol. The van der Waals surface area contributed by atoms with Gasteiger partial charge in [-0.15, -0.1) is 0 Å². The van der Waals surface area contributed by atoms with Gasteiger partial charge in [0.15, 0.2) is 17.6 Å². The third-order valence-corrected chi connectivity index (χ3v) is 3.11. The van der Waals surface area contributed by atoms with Crippen LogP contribution in [0.1, 0.15) is 11.7 Å². The summed E-state index contributed by atoms with van der Waals surface area (Å²) < 4.78 is 10.8. The number of methoxy groups -OCH3 is 1. The Labute approximate surface area is 123 Å². The molecular formula is C16H18O5. The van der Waals surface area contributed by atoms with Crippen LogP contribution in [0.15, 0.2) is 48.5 Å². The van der Waals surface area contributed by atoms with Gasteiger partial charge in [0.05, 0.1) is 13.7 Å². The Kier molecular flexibility index (Phi) is 5.03. The number of hydrogen-bond donors (Lipinski definition) is 3. The smallest absolute Gasteiger partial charge is 0.161 e. The van der Waals surface area contributed by atoms with E-state index in [1.54, 1.807) is 36.4 Å². The van der Waals surface area contributed by atoms with E-state index in [0.29, 0.717) is 17.1 Å². The van der Waals surface area contributed by atoms with Crippen molar-refractivity contribution in [3.8, 4) is 17.2 Å². The first-order chi connectivity index (χ1) is 10.2. The van der Waals surface area contributed by atoms with Gasteiger partial charge in [-0.3, -0.25) is 0 Å². The second-order valence-electron chi connectivity index (χ2n) is 4.53. The zero-order valence-corrected chi connectivity index (χ0v) is 11.6. The van der Waals surface area contributed by atoms with Gasteiger partial charge in [0, 0.05) is 0 Å². The lowest BCUT2D eigenvalue weighted by atomic mass is 10.0. The highest BCUT2D eigenvalue weighted by Gasteiger charge is 2.23. The van der Waals surface area contributed by atoms with Gasteiger partial charge in [0.1, 0.15) is 11.9 Å². The molecule has 5 nitrogen and oxygen atoms in total. The van der Waals surface area contributed by atoms with Crippen LogP contribution in [-0.2, 0) is 0 Å². The first kappa shape index (κ1) is 15.2. The lowest BCUT2D eigenvalue weighted by molar-refractivity contribution is -0.000420. The van der Waals surface area contributed by atoms with E-state index in [2.05, 4.69) is 0 Å². The molecule has 0 aliphatic carbocycles. The van der Waals surface area contributed by atoms with Gasteiger partial charge < -0.3 is 24.8 Å². The number of phenolic OH excluding ortho intramolecular Hbond substituents is 1. The van der Waals surface area contributed by atoms with Crippen molar-refractivity contribution in [3.63, 3.8) is 0 Å². The molecule has 21 heavy (non-hydrogen) atoms. The quantitative estimate of drug-likeness (QED) is 0.757. The number of aliphatic hydroxyl groups excluding tert-OH is 2. The van der Waals surface area contributed by atoms with Gasteiger partial charge in [0.2, 0.25) is 0 Å². The molecule has 0 fully saturated rings. The molecule has 2 rings (SSSR count). The van der Waals surface area contributed by atoms with Gasteiger partial charge in [-0.05, 0) is 29.8 Å². The first-order valence-corrected chi connectivity index (χ1v) is 6.53. The molecule has 0 aliphatic rings. The van der Waals surface area contributed by atoms with Gasteiger partial charge in [0.25, 0.3) is 0 Å². The van der Waals surface area contributed by atoms with Crippen molar-refractivity contribution in [1.29, 1.82) is 0 Å². The molecule has 0 radical (unpaired) electrons. The number of aromatic hydroxyl groups is 1. The maximum absolute atomic E-state index is 10.3. The van der Waals surface area contributed by atoms with E-state index in [1.165, 1.54) is 19.2 Å². The molecule has 2 aromatic carbocycles. The number of para-hydroxylation sites is 2. The van der Waals surface area contributed by atoms with Crippen molar-refractivity contribution in [2.75, 3.05) is 13.7 Å². The fourth-order valence-electron chi connectivity index (χ4n) is 1.97. The van der Waals surface area contributed by atoms with Crippen LogP contribution in [0.4, 0.5) is 0 Å². The first-order valence-electron chi connectivity index (χ1n) is 6.53. The van der Waals surface area contributed by atoms with E-state index in [0.717, 1.165) is 0 Å². The van der Waals surface area contributed by atoms with E-state index in [1.807, 2.05) is 0 Å². The minimum atomic E-state index is -1.03. The molecule has 0 bridgehead atoms. The molecule has 5 heteroatoms. The van der Waals surface area contributed by atoms with Crippen molar-refractivity contribution >= 4 is 0 Å². The number of ether oxygens (including phenoxy) is 2. The SMILES string of the molecule is COc1ccccc1O[C@H](CO)[C@@H](O)c1ccc(O)cc1. The fraction of sp³-hybridized carbons (Fsp3) is 0.250. The summed E-state index contributed by atoms with van der Waals surface area (Å²) in [5.74, 6) is 1.07. The molecule has 112 valence electrons. The molecule has 0 aromatic heterocycles. The summed E-state index contributed by atoms with van der Waals surface area (Å²) in [5, 5.41) is 29.0. The third kappa shape index (κ3) is 3.65. The summed E-state index contributed by atoms with van der Waals surface area (Å²) in [6.07, 6.45) is -1.87. The van der Waals surface area contributed by atoms with E-state index in [9.17, 15) is 15.3 Å². The summed E-state index contributed by atoms with van der Waals surface area (Å²) in [6, 6.07) is 13.1. The molecular weight excluding hydrogens is 272 g/mol. The van der Waals surface area contributed by atoms with Crippen LogP contribution in [0, 0.1) is 0 Å². The minimum absolute atomic E-state index is 0.108. The number of hydrogen-bond acceptors (Lipinski definition) is 5. The lowest BCUT2D eigenvalue weighted by Crippen LogP contribution is -2.29. The lowest BCUT2D eigenvalue weighted by Gasteiger charge is -2.23. The molecule has 0 aliphatic heterocycles. The van der Waals surface area contributed by atoms with E-state index >= 15 is 0 Å². The Morgan fingerprint density at radius 3 is 2.19 bits per heavy atom. The predicted octanol–water partition coefficient (Wildman–Crippen LogP) is 1.87. The monoisotopic (exact) mass is 290 g/mol. The van der Waals surface area contributed by atoms with Crippen LogP contribution in [0.3, 0.4) is 0 Å². The van der Waals surface area contributed by atoms with E-state index in [4.69, 9.17) is 9.47 Å². The zero-order chi connectivity index (χ0) is 15.2. The molecule has 0 heterocycles. The van der Waals surface area contributed by atoms with Crippen molar-refractivity contribution in [1.82, 2.24) is 0 Å². The van der Waals surface area contributed by atoms with Gasteiger partial charge in [-0.2, -0.15) is 0 Å². The number of rotatable bonds is 6. The van der Waals surface area contributed by atoms with Crippen LogP contribution in [-0.4, -0.2) is 35.1 Å². The largest absolute Gasteiger partial charge is 0.508 e. The Morgan fingerprint density at radius 1 is 1.00 bits per heavy atom. The summed E-state index contributed by atoms with van der Waals surface area (Å²) in [4.78, 5) is 0. The second kappa shape index (κ2) is 6.97. The third-order valence-electron chi connectivity index (χ3n) is 3.11. The van der Waals surface area contributed by atoms with Crippen LogP contribution in [0.25, 0.3) is 0 Å². The molecule has 0 amide bonds. The van der Waals surface area contributed by atoms with Crippen LogP contribution < -0.4 is 9.47 Å². The highest BCUT2D eigenvalue weighted by Crippen LogP contribution is 2.30.